The van der Waals surface area contributed by atoms with Gasteiger partial charge in [0.2, 0.25) is 0 Å². The Hall–Kier alpha value is -1.22. The third-order valence-electron chi connectivity index (χ3n) is 2.41. The summed E-state index contributed by atoms with van der Waals surface area (Å²) in [6.45, 7) is 6.37. The molecule has 1 amide bonds. The number of halogens is 1. The van der Waals surface area contributed by atoms with E-state index in [1.54, 1.807) is 11.0 Å². The summed E-state index contributed by atoms with van der Waals surface area (Å²) in [5.74, 6) is -0.231. The minimum absolute atomic E-state index is 0.0338. The van der Waals surface area contributed by atoms with Gasteiger partial charge in [0, 0.05) is 17.6 Å². The Morgan fingerprint density at radius 2 is 2.12 bits per heavy atom. The van der Waals surface area contributed by atoms with Crippen LogP contribution in [0.5, 0.6) is 5.75 Å². The van der Waals surface area contributed by atoms with Crippen molar-refractivity contribution in [2.45, 2.75) is 26.8 Å². The van der Waals surface area contributed by atoms with E-state index in [2.05, 4.69) is 0 Å². The van der Waals surface area contributed by atoms with Crippen molar-refractivity contribution in [3.05, 3.63) is 28.8 Å². The van der Waals surface area contributed by atoms with E-state index in [0.717, 1.165) is 0 Å². The van der Waals surface area contributed by atoms with E-state index in [1.807, 2.05) is 20.8 Å². The molecule has 0 atom stereocenters. The molecule has 0 aromatic heterocycles. The van der Waals surface area contributed by atoms with Gasteiger partial charge in [0.25, 0.3) is 5.91 Å². The van der Waals surface area contributed by atoms with Crippen molar-refractivity contribution in [2.24, 2.45) is 0 Å². The second-order valence-corrected chi connectivity index (χ2v) is 4.28. The molecule has 4 heteroatoms. The van der Waals surface area contributed by atoms with Crippen molar-refractivity contribution < 1.29 is 9.90 Å². The maximum Gasteiger partial charge on any atom is 0.257 e. The second-order valence-electron chi connectivity index (χ2n) is 3.85. The molecule has 0 aliphatic rings. The Balaban J connectivity index is 3.08. The van der Waals surface area contributed by atoms with Crippen LogP contribution >= 0.6 is 11.6 Å². The third-order valence-corrected chi connectivity index (χ3v) is 2.65. The molecule has 0 aliphatic heterocycles. The smallest absolute Gasteiger partial charge is 0.257 e. The monoisotopic (exact) mass is 241 g/mol. The van der Waals surface area contributed by atoms with Crippen molar-refractivity contribution in [3.63, 3.8) is 0 Å². The topological polar surface area (TPSA) is 40.5 Å². The molecule has 0 saturated carbocycles. The fourth-order valence-corrected chi connectivity index (χ4v) is 1.75. The number of phenols is 1. The van der Waals surface area contributed by atoms with Gasteiger partial charge < -0.3 is 10.0 Å². The lowest BCUT2D eigenvalue weighted by Crippen LogP contribution is -2.36. The number of aromatic hydroxyl groups is 1. The summed E-state index contributed by atoms with van der Waals surface area (Å²) in [4.78, 5) is 13.8. The van der Waals surface area contributed by atoms with Crippen LogP contribution in [0, 0.1) is 0 Å². The van der Waals surface area contributed by atoms with E-state index in [0.29, 0.717) is 11.6 Å². The predicted octanol–water partition coefficient (Wildman–Crippen LogP) is 2.92. The number of amides is 1. The summed E-state index contributed by atoms with van der Waals surface area (Å²) in [6, 6.07) is 4.57. The third kappa shape index (κ3) is 2.67. The standard InChI is InChI=1S/C12H16ClNO2/c1-4-14(8(2)3)12(16)10-7-9(13)5-6-11(10)15/h5-8,15H,4H2,1-3H3. The SMILES string of the molecule is CCN(C(=O)c1cc(Cl)ccc1O)C(C)C. The molecule has 1 aromatic carbocycles. The number of phenolic OH excluding ortho intramolecular Hbond substituents is 1. The van der Waals surface area contributed by atoms with E-state index in [9.17, 15) is 9.90 Å². The average Bonchev–Trinajstić information content (AvgIpc) is 2.22. The molecule has 0 radical (unpaired) electrons. The molecule has 16 heavy (non-hydrogen) atoms. The van der Waals surface area contributed by atoms with Gasteiger partial charge in [-0.25, -0.2) is 0 Å². The van der Waals surface area contributed by atoms with Gasteiger partial charge in [-0.1, -0.05) is 11.6 Å². The molecule has 88 valence electrons. The molecule has 0 bridgehead atoms. The molecule has 1 N–H and O–H groups in total. The van der Waals surface area contributed by atoms with Crippen molar-refractivity contribution >= 4 is 17.5 Å². The lowest BCUT2D eigenvalue weighted by atomic mass is 10.1. The normalized spacial score (nSPS) is 10.6. The number of carbonyl (C=O) groups is 1. The van der Waals surface area contributed by atoms with Crippen LogP contribution in [0.1, 0.15) is 31.1 Å². The highest BCUT2D eigenvalue weighted by Gasteiger charge is 2.20. The molecule has 0 spiro atoms. The summed E-state index contributed by atoms with van der Waals surface area (Å²) in [6.07, 6.45) is 0. The van der Waals surface area contributed by atoms with Crippen molar-refractivity contribution in [3.8, 4) is 5.75 Å². The number of hydrogen-bond acceptors (Lipinski definition) is 2. The number of nitrogens with zero attached hydrogens (tertiary/aromatic N) is 1. The van der Waals surface area contributed by atoms with Crippen LogP contribution in [-0.2, 0) is 0 Å². The van der Waals surface area contributed by atoms with Crippen LogP contribution in [0.15, 0.2) is 18.2 Å². The van der Waals surface area contributed by atoms with E-state index in [1.165, 1.54) is 12.1 Å². The highest BCUT2D eigenvalue weighted by molar-refractivity contribution is 6.31. The van der Waals surface area contributed by atoms with Gasteiger partial charge in [-0.2, -0.15) is 0 Å². The van der Waals surface area contributed by atoms with Gasteiger partial charge in [-0.05, 0) is 39.0 Å². The van der Waals surface area contributed by atoms with Gasteiger partial charge >= 0.3 is 0 Å². The highest BCUT2D eigenvalue weighted by atomic mass is 35.5. The Kier molecular flexibility index (Phi) is 4.19. The maximum atomic E-state index is 12.1. The van der Waals surface area contributed by atoms with E-state index < -0.39 is 0 Å². The molecule has 0 fully saturated rings. The summed E-state index contributed by atoms with van der Waals surface area (Å²) in [7, 11) is 0. The first kappa shape index (κ1) is 12.8. The average molecular weight is 242 g/mol. The molecular formula is C12H16ClNO2. The van der Waals surface area contributed by atoms with Gasteiger partial charge in [0.05, 0.1) is 5.56 Å². The molecule has 1 rings (SSSR count). The van der Waals surface area contributed by atoms with E-state index in [-0.39, 0.29) is 23.3 Å². The zero-order chi connectivity index (χ0) is 12.3. The van der Waals surface area contributed by atoms with Gasteiger partial charge in [-0.3, -0.25) is 4.79 Å². The molecular weight excluding hydrogens is 226 g/mol. The molecule has 1 aromatic rings. The minimum Gasteiger partial charge on any atom is -0.507 e. The van der Waals surface area contributed by atoms with Gasteiger partial charge in [0.15, 0.2) is 0 Å². The van der Waals surface area contributed by atoms with Crippen molar-refractivity contribution in [1.29, 1.82) is 0 Å². The van der Waals surface area contributed by atoms with Gasteiger partial charge in [-0.15, -0.1) is 0 Å². The molecule has 0 aliphatic carbocycles. The van der Waals surface area contributed by atoms with Crippen molar-refractivity contribution in [1.82, 2.24) is 4.90 Å². The Morgan fingerprint density at radius 1 is 1.50 bits per heavy atom. The largest absolute Gasteiger partial charge is 0.507 e. The van der Waals surface area contributed by atoms with Crippen LogP contribution < -0.4 is 0 Å². The summed E-state index contributed by atoms with van der Waals surface area (Å²) in [5, 5.41) is 10.1. The Labute approximate surface area is 101 Å². The first-order valence-corrected chi connectivity index (χ1v) is 5.64. The Morgan fingerprint density at radius 3 is 2.62 bits per heavy atom. The fourth-order valence-electron chi connectivity index (χ4n) is 1.58. The van der Waals surface area contributed by atoms with E-state index in [4.69, 9.17) is 11.6 Å². The lowest BCUT2D eigenvalue weighted by Gasteiger charge is -2.25. The molecule has 3 nitrogen and oxygen atoms in total. The zero-order valence-corrected chi connectivity index (χ0v) is 10.5. The van der Waals surface area contributed by atoms with Crippen LogP contribution in [0.25, 0.3) is 0 Å². The van der Waals surface area contributed by atoms with Crippen LogP contribution in [0.2, 0.25) is 5.02 Å². The fraction of sp³-hybridized carbons (Fsp3) is 0.417. The summed E-state index contributed by atoms with van der Waals surface area (Å²) < 4.78 is 0. The maximum absolute atomic E-state index is 12.1. The number of benzene rings is 1. The summed E-state index contributed by atoms with van der Waals surface area (Å²) >= 11 is 5.81. The quantitative estimate of drug-likeness (QED) is 0.884. The zero-order valence-electron chi connectivity index (χ0n) is 9.70. The van der Waals surface area contributed by atoms with E-state index >= 15 is 0 Å². The molecule has 0 unspecified atom stereocenters. The van der Waals surface area contributed by atoms with Gasteiger partial charge in [0.1, 0.15) is 5.75 Å². The Bertz CT molecular complexity index is 391. The van der Waals surface area contributed by atoms with Crippen LogP contribution in [0.4, 0.5) is 0 Å². The lowest BCUT2D eigenvalue weighted by molar-refractivity contribution is 0.0714. The number of rotatable bonds is 3. The summed E-state index contributed by atoms with van der Waals surface area (Å²) in [5.41, 5.74) is 0.253. The highest BCUT2D eigenvalue weighted by Crippen LogP contribution is 2.23. The first-order chi connectivity index (χ1) is 7.47. The minimum atomic E-state index is -0.197. The van der Waals surface area contributed by atoms with Crippen molar-refractivity contribution in [2.75, 3.05) is 6.54 Å². The number of hydrogen-bond donors (Lipinski definition) is 1. The number of carbonyl (C=O) groups excluding carboxylic acids is 1. The van der Waals surface area contributed by atoms with Crippen LogP contribution in [-0.4, -0.2) is 28.5 Å². The van der Waals surface area contributed by atoms with Crippen LogP contribution in [0.3, 0.4) is 0 Å². The molecule has 0 heterocycles. The second kappa shape index (κ2) is 5.21. The predicted molar refractivity (Wildman–Crippen MR) is 65.0 cm³/mol. The first-order valence-electron chi connectivity index (χ1n) is 5.26. The molecule has 0 saturated heterocycles.